The van der Waals surface area contributed by atoms with E-state index in [0.29, 0.717) is 27.6 Å². The maximum atomic E-state index is 15.0. The fourth-order valence-corrected chi connectivity index (χ4v) is 4.12. The topological polar surface area (TPSA) is 9.23 Å². The number of fused-ring (bicyclic) bond motifs is 1. The van der Waals surface area contributed by atoms with Crippen molar-refractivity contribution in [2.45, 2.75) is 33.8 Å². The van der Waals surface area contributed by atoms with Crippen molar-refractivity contribution in [3.8, 4) is 16.9 Å². The molecule has 0 heterocycles. The molecule has 4 aromatic rings. The Balaban J connectivity index is 1.67. The molecule has 0 saturated heterocycles. The standard InChI is InChI=1S/C27H22F4O/c1-15-9-16(2)26(17(3)10-15)27(30,31)32-23-8-7-19-11-20(5-6-21(19)12-23)22-13-24(28)18(4)25(29)14-22/h5-14H,1-4H3. The van der Waals surface area contributed by atoms with Gasteiger partial charge in [0, 0.05) is 5.56 Å². The monoisotopic (exact) mass is 438 g/mol. The first-order valence-electron chi connectivity index (χ1n) is 10.2. The lowest BCUT2D eigenvalue weighted by atomic mass is 9.99. The highest BCUT2D eigenvalue weighted by atomic mass is 19.3. The highest BCUT2D eigenvalue weighted by Crippen LogP contribution is 2.37. The quantitative estimate of drug-likeness (QED) is 0.292. The van der Waals surface area contributed by atoms with E-state index >= 15 is 0 Å². The van der Waals surface area contributed by atoms with E-state index in [2.05, 4.69) is 0 Å². The van der Waals surface area contributed by atoms with E-state index in [-0.39, 0.29) is 16.9 Å². The third-order valence-electron chi connectivity index (χ3n) is 5.64. The number of ether oxygens (including phenoxy) is 1. The molecule has 0 saturated carbocycles. The van der Waals surface area contributed by atoms with E-state index in [0.717, 1.165) is 10.9 Å². The van der Waals surface area contributed by atoms with Crippen LogP contribution in [0.2, 0.25) is 0 Å². The molecule has 0 aliphatic rings. The molecule has 4 aromatic carbocycles. The zero-order valence-corrected chi connectivity index (χ0v) is 18.2. The Morgan fingerprint density at radius 2 is 1.22 bits per heavy atom. The lowest BCUT2D eigenvalue weighted by Crippen LogP contribution is -2.24. The van der Waals surface area contributed by atoms with Gasteiger partial charge in [0.25, 0.3) is 0 Å². The molecule has 0 bridgehead atoms. The normalized spacial score (nSPS) is 11.8. The van der Waals surface area contributed by atoms with Crippen molar-refractivity contribution in [1.82, 2.24) is 0 Å². The van der Waals surface area contributed by atoms with Gasteiger partial charge in [0.1, 0.15) is 17.4 Å². The molecule has 0 radical (unpaired) electrons. The molecule has 0 unspecified atom stereocenters. The molecule has 5 heteroatoms. The average Bonchev–Trinajstić information content (AvgIpc) is 2.69. The summed E-state index contributed by atoms with van der Waals surface area (Å²) in [4.78, 5) is 0. The number of hydrogen-bond acceptors (Lipinski definition) is 1. The van der Waals surface area contributed by atoms with Gasteiger partial charge in [-0.3, -0.25) is 0 Å². The van der Waals surface area contributed by atoms with Gasteiger partial charge in [0.05, 0.1) is 5.56 Å². The zero-order chi connectivity index (χ0) is 23.2. The van der Waals surface area contributed by atoms with Crippen LogP contribution in [0, 0.1) is 39.3 Å². The van der Waals surface area contributed by atoms with Crippen molar-refractivity contribution in [3.63, 3.8) is 0 Å². The lowest BCUT2D eigenvalue weighted by Gasteiger charge is -2.22. The van der Waals surface area contributed by atoms with Gasteiger partial charge in [-0.15, -0.1) is 0 Å². The van der Waals surface area contributed by atoms with Gasteiger partial charge < -0.3 is 4.74 Å². The minimum Gasteiger partial charge on any atom is -0.429 e. The summed E-state index contributed by atoms with van der Waals surface area (Å²) in [6, 6.07) is 15.8. The maximum absolute atomic E-state index is 15.0. The first-order chi connectivity index (χ1) is 15.0. The molecule has 1 nitrogen and oxygen atoms in total. The summed E-state index contributed by atoms with van der Waals surface area (Å²) in [5.41, 5.74) is 2.71. The van der Waals surface area contributed by atoms with E-state index in [1.165, 1.54) is 31.2 Å². The summed E-state index contributed by atoms with van der Waals surface area (Å²) in [5, 5.41) is 1.41. The van der Waals surface area contributed by atoms with Crippen molar-refractivity contribution >= 4 is 10.8 Å². The largest absolute Gasteiger partial charge is 0.429 e. The molecule has 4 rings (SSSR count). The van der Waals surface area contributed by atoms with Crippen LogP contribution in [-0.2, 0) is 6.11 Å². The predicted molar refractivity (Wildman–Crippen MR) is 119 cm³/mol. The Morgan fingerprint density at radius 3 is 1.84 bits per heavy atom. The average molecular weight is 438 g/mol. The summed E-state index contributed by atoms with van der Waals surface area (Å²) < 4.78 is 63.0. The van der Waals surface area contributed by atoms with Gasteiger partial charge in [-0.05, 0) is 91.1 Å². The molecule has 0 aliphatic heterocycles. The molecule has 0 aromatic heterocycles. The summed E-state index contributed by atoms with van der Waals surface area (Å²) in [6.45, 7) is 6.53. The van der Waals surface area contributed by atoms with Crippen LogP contribution in [0.5, 0.6) is 5.75 Å². The third-order valence-corrected chi connectivity index (χ3v) is 5.64. The molecule has 164 valence electrons. The second-order valence-electron chi connectivity index (χ2n) is 8.18. The molecular formula is C27H22F4O. The molecule has 0 amide bonds. The van der Waals surface area contributed by atoms with Crippen LogP contribution in [0.1, 0.15) is 27.8 Å². The van der Waals surface area contributed by atoms with Crippen molar-refractivity contribution in [3.05, 3.63) is 100 Å². The number of rotatable bonds is 4. The van der Waals surface area contributed by atoms with Gasteiger partial charge >= 0.3 is 6.11 Å². The first-order valence-corrected chi connectivity index (χ1v) is 10.2. The van der Waals surface area contributed by atoms with Gasteiger partial charge in [0.15, 0.2) is 0 Å². The van der Waals surface area contributed by atoms with E-state index in [9.17, 15) is 17.6 Å². The fourth-order valence-electron chi connectivity index (χ4n) is 4.12. The van der Waals surface area contributed by atoms with Gasteiger partial charge in [-0.1, -0.05) is 35.9 Å². The molecule has 0 aliphatic carbocycles. The Bertz CT molecular complexity index is 1300. The van der Waals surface area contributed by atoms with Crippen LogP contribution in [-0.4, -0.2) is 0 Å². The summed E-state index contributed by atoms with van der Waals surface area (Å²) in [7, 11) is 0. The van der Waals surface area contributed by atoms with Crippen molar-refractivity contribution in [2.24, 2.45) is 0 Å². The Kier molecular flexibility index (Phi) is 5.45. The molecule has 0 fully saturated rings. The second-order valence-corrected chi connectivity index (χ2v) is 8.18. The SMILES string of the molecule is Cc1cc(C)c(C(F)(F)Oc2ccc3cc(-c4cc(F)c(C)c(F)c4)ccc3c2)c(C)c1. The Labute approximate surface area is 184 Å². The van der Waals surface area contributed by atoms with Gasteiger partial charge in [-0.2, -0.15) is 8.78 Å². The molecule has 32 heavy (non-hydrogen) atoms. The van der Waals surface area contributed by atoms with Crippen LogP contribution in [0.3, 0.4) is 0 Å². The minimum atomic E-state index is -3.49. The summed E-state index contributed by atoms with van der Waals surface area (Å²) in [6.07, 6.45) is -3.49. The lowest BCUT2D eigenvalue weighted by molar-refractivity contribution is -0.186. The van der Waals surface area contributed by atoms with Crippen molar-refractivity contribution < 1.29 is 22.3 Å². The summed E-state index contributed by atoms with van der Waals surface area (Å²) in [5.74, 6) is -1.21. The number of alkyl halides is 2. The molecule has 0 spiro atoms. The second kappa shape index (κ2) is 7.97. The Hall–Kier alpha value is -3.34. The van der Waals surface area contributed by atoms with E-state index in [4.69, 9.17) is 4.74 Å². The van der Waals surface area contributed by atoms with Crippen LogP contribution >= 0.6 is 0 Å². The molecule has 0 N–H and O–H groups in total. The predicted octanol–water partition coefficient (Wildman–Crippen LogP) is 8.15. The minimum absolute atomic E-state index is 0.0297. The number of aryl methyl sites for hydroxylation is 3. The third kappa shape index (κ3) is 4.07. The van der Waals surface area contributed by atoms with Crippen molar-refractivity contribution in [2.75, 3.05) is 0 Å². The van der Waals surface area contributed by atoms with E-state index in [1.807, 2.05) is 6.92 Å². The van der Waals surface area contributed by atoms with Crippen LogP contribution in [0.15, 0.2) is 60.7 Å². The zero-order valence-electron chi connectivity index (χ0n) is 18.2. The number of halogens is 4. The number of hydrogen-bond donors (Lipinski definition) is 0. The molecular weight excluding hydrogens is 416 g/mol. The highest BCUT2D eigenvalue weighted by molar-refractivity contribution is 5.88. The van der Waals surface area contributed by atoms with E-state index in [1.54, 1.807) is 50.2 Å². The van der Waals surface area contributed by atoms with E-state index < -0.39 is 17.7 Å². The molecule has 0 atom stereocenters. The van der Waals surface area contributed by atoms with Crippen LogP contribution < -0.4 is 4.74 Å². The van der Waals surface area contributed by atoms with Crippen molar-refractivity contribution in [1.29, 1.82) is 0 Å². The first kappa shape index (κ1) is 21.9. The van der Waals surface area contributed by atoms with Gasteiger partial charge in [0.2, 0.25) is 0 Å². The highest BCUT2D eigenvalue weighted by Gasteiger charge is 2.37. The van der Waals surface area contributed by atoms with Crippen LogP contribution in [0.25, 0.3) is 21.9 Å². The van der Waals surface area contributed by atoms with Gasteiger partial charge in [-0.25, -0.2) is 8.78 Å². The Morgan fingerprint density at radius 1 is 0.656 bits per heavy atom. The number of benzene rings is 4. The summed E-state index contributed by atoms with van der Waals surface area (Å²) >= 11 is 0. The maximum Gasteiger partial charge on any atom is 0.427 e. The fraction of sp³-hybridized carbons (Fsp3) is 0.185. The smallest absolute Gasteiger partial charge is 0.427 e. The van der Waals surface area contributed by atoms with Crippen LogP contribution in [0.4, 0.5) is 17.6 Å².